The van der Waals surface area contributed by atoms with E-state index in [0.717, 1.165) is 26.2 Å². The van der Waals surface area contributed by atoms with E-state index in [-0.39, 0.29) is 47.5 Å². The lowest BCUT2D eigenvalue weighted by atomic mass is 10.2. The third kappa shape index (κ3) is 12.2. The lowest BCUT2D eigenvalue weighted by Crippen LogP contribution is -2.51. The van der Waals surface area contributed by atoms with Crippen molar-refractivity contribution in [3.05, 3.63) is 68.1 Å². The number of halogens is 10. The Labute approximate surface area is 350 Å². The number of hydrogen-bond donors (Lipinski definition) is 4. The fourth-order valence-electron chi connectivity index (χ4n) is 5.11. The lowest BCUT2D eigenvalue weighted by molar-refractivity contribution is 0.127. The first kappa shape index (κ1) is 41.6. The number of benzene rings is 2. The Hall–Kier alpha value is -1.52. The van der Waals surface area contributed by atoms with E-state index in [0.29, 0.717) is 44.6 Å². The summed E-state index contributed by atoms with van der Waals surface area (Å²) >= 11 is 61.2. The minimum atomic E-state index is -1.88. The molecule has 5 rings (SSSR count). The SMILES string of the molecule is CC(CN1CCN(CC(C)Nc2nc(Nc3ccc(Cl)c(Cl)c3)nc(C(Cl)(Cl)Cl)n2)CC1)Nc1nc(Nc2ccc(Cl)c(Cl)c2)nc(C(Cl)(Cl)Cl)n1. The second-order valence-electron chi connectivity index (χ2n) is 11.8. The zero-order chi connectivity index (χ0) is 37.8. The van der Waals surface area contributed by atoms with Crippen molar-refractivity contribution in [3.63, 3.8) is 0 Å². The average Bonchev–Trinajstić information content (AvgIpc) is 3.04. The van der Waals surface area contributed by atoms with Crippen molar-refractivity contribution in [2.45, 2.75) is 33.5 Å². The Kier molecular flexibility index (Phi) is 14.4. The fraction of sp³-hybridized carbons (Fsp3) is 0.400. The number of piperazine rings is 1. The molecule has 0 aliphatic carbocycles. The van der Waals surface area contributed by atoms with Gasteiger partial charge in [0.2, 0.25) is 31.4 Å². The van der Waals surface area contributed by atoms with Gasteiger partial charge in [-0.1, -0.05) is 116 Å². The maximum absolute atomic E-state index is 6.16. The minimum absolute atomic E-state index is 0.0410. The van der Waals surface area contributed by atoms with Gasteiger partial charge in [-0.2, -0.15) is 29.9 Å². The number of rotatable bonds is 12. The van der Waals surface area contributed by atoms with E-state index < -0.39 is 7.59 Å². The van der Waals surface area contributed by atoms with Crippen LogP contribution in [0.25, 0.3) is 0 Å². The van der Waals surface area contributed by atoms with Crippen LogP contribution >= 0.6 is 116 Å². The minimum Gasteiger partial charge on any atom is -0.350 e. The zero-order valence-corrected chi connectivity index (χ0v) is 34.8. The van der Waals surface area contributed by atoms with Crippen LogP contribution in [0.5, 0.6) is 0 Å². The topological polar surface area (TPSA) is 132 Å². The third-order valence-electron chi connectivity index (χ3n) is 7.41. The molecular formula is C30H30Cl10N12. The van der Waals surface area contributed by atoms with Crippen LogP contribution in [-0.4, -0.2) is 91.1 Å². The average molecular weight is 913 g/mol. The molecule has 1 aliphatic heterocycles. The molecule has 22 heteroatoms. The maximum atomic E-state index is 6.16. The smallest absolute Gasteiger partial charge is 0.250 e. The molecule has 0 amide bonds. The molecule has 2 unspecified atom stereocenters. The van der Waals surface area contributed by atoms with Gasteiger partial charge in [-0.15, -0.1) is 0 Å². The summed E-state index contributed by atoms with van der Waals surface area (Å²) in [5.74, 6) is 0.746. The van der Waals surface area contributed by atoms with E-state index in [1.807, 2.05) is 13.8 Å². The van der Waals surface area contributed by atoms with Crippen LogP contribution in [-0.2, 0) is 7.59 Å². The molecule has 4 N–H and O–H groups in total. The summed E-state index contributed by atoms with van der Waals surface area (Å²) in [5.41, 5.74) is 1.19. The van der Waals surface area contributed by atoms with Gasteiger partial charge in [0.05, 0.1) is 20.1 Å². The summed E-state index contributed by atoms with van der Waals surface area (Å²) in [6, 6.07) is 9.91. The van der Waals surface area contributed by atoms with Crippen LogP contribution in [0.2, 0.25) is 20.1 Å². The van der Waals surface area contributed by atoms with Crippen molar-refractivity contribution in [2.24, 2.45) is 0 Å². The van der Waals surface area contributed by atoms with Crippen molar-refractivity contribution in [1.29, 1.82) is 0 Å². The molecule has 1 aliphatic rings. The second-order valence-corrected chi connectivity index (χ2v) is 18.0. The standard InChI is InChI=1S/C30H30Cl10N12/c1-15(41-25-45-23(29(35,36)37)47-27(49-25)43-17-3-5-19(31)21(33)11-17)13-51-7-9-52(10-8-51)14-16(2)42-26-46-24(30(38,39)40)48-28(50-26)44-18-4-6-20(32)22(34)12-18/h3-6,11-12,15-16H,7-10,13-14H2,1-2H3,(H2,41,43,45,47,49)(H2,42,44,46,48,50). The first-order valence-electron chi connectivity index (χ1n) is 15.5. The van der Waals surface area contributed by atoms with Gasteiger partial charge in [0.1, 0.15) is 0 Å². The van der Waals surface area contributed by atoms with E-state index >= 15 is 0 Å². The molecule has 0 spiro atoms. The van der Waals surface area contributed by atoms with Crippen molar-refractivity contribution in [2.75, 3.05) is 60.5 Å². The largest absolute Gasteiger partial charge is 0.350 e. The van der Waals surface area contributed by atoms with Gasteiger partial charge in [0.15, 0.2) is 11.6 Å². The fourth-order valence-corrected chi connectivity index (χ4v) is 6.22. The Morgan fingerprint density at radius 3 is 1.21 bits per heavy atom. The Balaban J connectivity index is 1.15. The van der Waals surface area contributed by atoms with E-state index in [1.54, 1.807) is 36.4 Å². The molecule has 3 heterocycles. The summed E-state index contributed by atoms with van der Waals surface area (Å²) in [7, 11) is 0. The van der Waals surface area contributed by atoms with E-state index in [9.17, 15) is 0 Å². The van der Waals surface area contributed by atoms with Gasteiger partial charge >= 0.3 is 0 Å². The maximum Gasteiger partial charge on any atom is 0.250 e. The quantitative estimate of drug-likeness (QED) is 0.101. The van der Waals surface area contributed by atoms with Gasteiger partial charge in [0, 0.05) is 62.7 Å². The lowest BCUT2D eigenvalue weighted by Gasteiger charge is -2.37. The van der Waals surface area contributed by atoms with Crippen molar-refractivity contribution in [3.8, 4) is 0 Å². The summed E-state index contributed by atoms with van der Waals surface area (Å²) in [6.45, 7) is 8.81. The number of nitrogens with zero attached hydrogens (tertiary/aromatic N) is 8. The summed E-state index contributed by atoms with van der Waals surface area (Å²) < 4.78 is -3.75. The monoisotopic (exact) mass is 908 g/mol. The molecule has 280 valence electrons. The van der Waals surface area contributed by atoms with Crippen molar-refractivity contribution >= 4 is 151 Å². The first-order chi connectivity index (χ1) is 24.4. The molecule has 1 saturated heterocycles. The molecule has 1 fully saturated rings. The van der Waals surface area contributed by atoms with Gasteiger partial charge in [-0.25, -0.2) is 0 Å². The van der Waals surface area contributed by atoms with E-state index in [4.69, 9.17) is 116 Å². The van der Waals surface area contributed by atoms with Gasteiger partial charge < -0.3 is 21.3 Å². The highest BCUT2D eigenvalue weighted by Gasteiger charge is 2.30. The van der Waals surface area contributed by atoms with Crippen molar-refractivity contribution < 1.29 is 0 Å². The van der Waals surface area contributed by atoms with E-state index in [1.165, 1.54) is 0 Å². The molecule has 12 nitrogen and oxygen atoms in total. The number of alkyl halides is 6. The molecular weight excluding hydrogens is 883 g/mol. The highest BCUT2D eigenvalue weighted by atomic mass is 35.6. The summed E-state index contributed by atoms with van der Waals surface area (Å²) in [5, 5.41) is 14.3. The first-order valence-corrected chi connectivity index (χ1v) is 19.3. The Bertz CT molecular complexity index is 1720. The summed E-state index contributed by atoms with van der Waals surface area (Å²) in [4.78, 5) is 30.9. The number of nitrogens with one attached hydrogen (secondary N) is 4. The van der Waals surface area contributed by atoms with Crippen LogP contribution in [0.1, 0.15) is 25.5 Å². The highest BCUT2D eigenvalue weighted by Crippen LogP contribution is 2.38. The molecule has 52 heavy (non-hydrogen) atoms. The molecule has 4 aromatic rings. The Morgan fingerprint density at radius 2 is 0.885 bits per heavy atom. The van der Waals surface area contributed by atoms with Crippen LogP contribution in [0, 0.1) is 0 Å². The third-order valence-corrected chi connectivity index (χ3v) is 9.90. The zero-order valence-electron chi connectivity index (χ0n) is 27.2. The molecule has 2 atom stereocenters. The van der Waals surface area contributed by atoms with Crippen LogP contribution < -0.4 is 21.3 Å². The Morgan fingerprint density at radius 1 is 0.538 bits per heavy atom. The predicted molar refractivity (Wildman–Crippen MR) is 217 cm³/mol. The summed E-state index contributed by atoms with van der Waals surface area (Å²) in [6.07, 6.45) is 0. The molecule has 0 radical (unpaired) electrons. The van der Waals surface area contributed by atoms with Crippen LogP contribution in [0.3, 0.4) is 0 Å². The van der Waals surface area contributed by atoms with Crippen LogP contribution in [0.4, 0.5) is 35.2 Å². The highest BCUT2D eigenvalue weighted by molar-refractivity contribution is 6.67. The second kappa shape index (κ2) is 18.0. The predicted octanol–water partition coefficient (Wildman–Crippen LogP) is 9.73. The van der Waals surface area contributed by atoms with Gasteiger partial charge in [-0.05, 0) is 50.2 Å². The number of anilines is 6. The number of aromatic nitrogens is 6. The normalized spacial score (nSPS) is 15.6. The van der Waals surface area contributed by atoms with E-state index in [2.05, 4.69) is 61.0 Å². The molecule has 2 aromatic carbocycles. The number of hydrogen-bond acceptors (Lipinski definition) is 12. The molecule has 0 bridgehead atoms. The van der Waals surface area contributed by atoms with Crippen molar-refractivity contribution in [1.82, 2.24) is 39.7 Å². The van der Waals surface area contributed by atoms with Gasteiger partial charge in [0.25, 0.3) is 0 Å². The van der Waals surface area contributed by atoms with Crippen LogP contribution in [0.15, 0.2) is 36.4 Å². The molecule has 2 aromatic heterocycles. The molecule has 0 saturated carbocycles. The van der Waals surface area contributed by atoms with Gasteiger partial charge in [-0.3, -0.25) is 9.80 Å².